The number of aliphatic hydroxyl groups excluding tert-OH is 3. The highest BCUT2D eigenvalue weighted by Crippen LogP contribution is 2.30. The van der Waals surface area contributed by atoms with Crippen LogP contribution in [-0.4, -0.2) is 38.0 Å². The van der Waals surface area contributed by atoms with Gasteiger partial charge in [-0.2, -0.15) is 0 Å². The largest absolute Gasteiger partial charge is 0.394 e. The Bertz CT molecular complexity index is 355. The molecule has 0 fully saturated rings. The van der Waals surface area contributed by atoms with E-state index in [1.807, 2.05) is 0 Å². The second-order valence-corrected chi connectivity index (χ2v) is 3.88. The predicted octanol–water partition coefficient (Wildman–Crippen LogP) is 0.142. The number of aliphatic hydroxyl groups is 3. The fourth-order valence-corrected chi connectivity index (χ4v) is 1.81. The molecule has 0 radical (unpaired) electrons. The molecule has 5 N–H and O–H groups in total. The monoisotopic (exact) mass is 267 g/mol. The number of hydrogen-bond acceptors (Lipinski definition) is 6. The van der Waals surface area contributed by atoms with Crippen LogP contribution in [0.25, 0.3) is 0 Å². The molecule has 0 bridgehead atoms. The summed E-state index contributed by atoms with van der Waals surface area (Å²) in [5, 5.41) is 27.4. The number of anilines is 1. The molecule has 0 amide bonds. The molecule has 16 heavy (non-hydrogen) atoms. The van der Waals surface area contributed by atoms with Crippen molar-refractivity contribution in [2.24, 2.45) is 0 Å². The Balaban J connectivity index is 2.95. The fourth-order valence-electron chi connectivity index (χ4n) is 1.16. The minimum atomic E-state index is -1.16. The van der Waals surface area contributed by atoms with Crippen molar-refractivity contribution in [1.29, 1.82) is 0 Å². The molecule has 0 aromatic carbocycles. The summed E-state index contributed by atoms with van der Waals surface area (Å²) in [6.07, 6.45) is -2.36. The van der Waals surface area contributed by atoms with Crippen LogP contribution < -0.4 is 5.73 Å². The zero-order chi connectivity index (χ0) is 12.3. The third kappa shape index (κ3) is 3.16. The minimum absolute atomic E-state index is 0.0739. The van der Waals surface area contributed by atoms with Crippen molar-refractivity contribution in [3.05, 3.63) is 15.9 Å². The average Bonchev–Trinajstić information content (AvgIpc) is 2.15. The number of rotatable bonds is 4. The van der Waals surface area contributed by atoms with Crippen LogP contribution in [0.3, 0.4) is 0 Å². The average molecular weight is 268 g/mol. The highest BCUT2D eigenvalue weighted by molar-refractivity contribution is 6.34. The standard InChI is InChI=1S/C8H11Cl2N3O3/c9-6-5(4(16)1-3(15)2-14)7(10)13-8(11)12-6/h3-4,14-16H,1-2H2,(H2,11,12,13). The van der Waals surface area contributed by atoms with Crippen molar-refractivity contribution in [3.8, 4) is 0 Å². The SMILES string of the molecule is Nc1nc(Cl)c(C(O)CC(O)CO)c(Cl)n1. The number of nitrogen functional groups attached to an aromatic ring is 1. The fraction of sp³-hybridized carbons (Fsp3) is 0.500. The predicted molar refractivity (Wildman–Crippen MR) is 59.1 cm³/mol. The number of aromatic nitrogens is 2. The van der Waals surface area contributed by atoms with E-state index in [4.69, 9.17) is 39.1 Å². The lowest BCUT2D eigenvalue weighted by molar-refractivity contribution is 0.0412. The molecule has 1 aromatic heterocycles. The van der Waals surface area contributed by atoms with Crippen molar-refractivity contribution < 1.29 is 15.3 Å². The number of halogens is 2. The summed E-state index contributed by atoms with van der Waals surface area (Å²) in [5.41, 5.74) is 5.38. The van der Waals surface area contributed by atoms with Crippen LogP contribution in [0.1, 0.15) is 18.1 Å². The van der Waals surface area contributed by atoms with Gasteiger partial charge in [-0.15, -0.1) is 0 Å². The highest BCUT2D eigenvalue weighted by Gasteiger charge is 2.21. The third-order valence-electron chi connectivity index (χ3n) is 1.91. The molecule has 0 aliphatic heterocycles. The molecule has 0 aliphatic rings. The van der Waals surface area contributed by atoms with Crippen LogP contribution in [0.4, 0.5) is 5.95 Å². The third-order valence-corrected chi connectivity index (χ3v) is 2.49. The molecule has 0 aliphatic carbocycles. The normalized spacial score (nSPS) is 14.8. The van der Waals surface area contributed by atoms with Gasteiger partial charge in [0.05, 0.1) is 24.4 Å². The van der Waals surface area contributed by atoms with Crippen molar-refractivity contribution in [3.63, 3.8) is 0 Å². The van der Waals surface area contributed by atoms with Crippen LogP contribution in [-0.2, 0) is 0 Å². The van der Waals surface area contributed by atoms with Gasteiger partial charge in [0.2, 0.25) is 5.95 Å². The van der Waals surface area contributed by atoms with Crippen molar-refractivity contribution in [2.75, 3.05) is 12.3 Å². The Morgan fingerprint density at radius 3 is 2.12 bits per heavy atom. The molecule has 1 aromatic rings. The van der Waals surface area contributed by atoms with Gasteiger partial charge in [-0.05, 0) is 0 Å². The lowest BCUT2D eigenvalue weighted by atomic mass is 10.1. The second kappa shape index (κ2) is 5.60. The van der Waals surface area contributed by atoms with Crippen LogP contribution in [0, 0.1) is 0 Å². The maximum Gasteiger partial charge on any atom is 0.222 e. The maximum atomic E-state index is 9.71. The summed E-state index contributed by atoms with van der Waals surface area (Å²) < 4.78 is 0. The van der Waals surface area contributed by atoms with E-state index in [2.05, 4.69) is 9.97 Å². The highest BCUT2D eigenvalue weighted by atomic mass is 35.5. The Hall–Kier alpha value is -0.660. The molecule has 0 spiro atoms. The van der Waals surface area contributed by atoms with Crippen LogP contribution in [0.15, 0.2) is 0 Å². The van der Waals surface area contributed by atoms with E-state index in [-0.39, 0.29) is 28.2 Å². The van der Waals surface area contributed by atoms with Crippen molar-refractivity contribution >= 4 is 29.2 Å². The van der Waals surface area contributed by atoms with Gasteiger partial charge in [0, 0.05) is 6.42 Å². The Morgan fingerprint density at radius 1 is 1.19 bits per heavy atom. The Labute approximate surface area is 102 Å². The number of hydrogen-bond donors (Lipinski definition) is 4. The minimum Gasteiger partial charge on any atom is -0.394 e. The summed E-state index contributed by atoms with van der Waals surface area (Å²) in [6.45, 7) is -0.470. The Morgan fingerprint density at radius 2 is 1.69 bits per heavy atom. The first kappa shape index (κ1) is 13.4. The van der Waals surface area contributed by atoms with E-state index in [9.17, 15) is 5.11 Å². The van der Waals surface area contributed by atoms with Crippen molar-refractivity contribution in [1.82, 2.24) is 9.97 Å². The first-order chi connectivity index (χ1) is 7.45. The molecule has 0 saturated carbocycles. The van der Waals surface area contributed by atoms with Gasteiger partial charge in [-0.1, -0.05) is 23.2 Å². The van der Waals surface area contributed by atoms with Crippen LogP contribution >= 0.6 is 23.2 Å². The molecule has 2 atom stereocenters. The number of nitrogens with two attached hydrogens (primary N) is 1. The summed E-state index contributed by atoms with van der Waals surface area (Å²) in [5.74, 6) is -0.103. The molecule has 1 heterocycles. The smallest absolute Gasteiger partial charge is 0.222 e. The van der Waals surface area contributed by atoms with Crippen molar-refractivity contribution in [2.45, 2.75) is 18.6 Å². The first-order valence-electron chi connectivity index (χ1n) is 4.41. The van der Waals surface area contributed by atoms with Crippen LogP contribution in [0.2, 0.25) is 10.3 Å². The molecule has 0 saturated heterocycles. The molecule has 90 valence electrons. The summed E-state index contributed by atoms with van der Waals surface area (Å²) in [6, 6.07) is 0. The molecule has 2 unspecified atom stereocenters. The van der Waals surface area contributed by atoms with Gasteiger partial charge in [-0.3, -0.25) is 0 Å². The van der Waals surface area contributed by atoms with E-state index < -0.39 is 18.8 Å². The number of nitrogens with zero attached hydrogens (tertiary/aromatic N) is 2. The molecular formula is C8H11Cl2N3O3. The summed E-state index contributed by atoms with van der Waals surface area (Å²) in [7, 11) is 0. The quantitative estimate of drug-likeness (QED) is 0.578. The Kier molecular flexibility index (Phi) is 4.69. The van der Waals surface area contributed by atoms with Crippen LogP contribution in [0.5, 0.6) is 0 Å². The molecule has 8 heteroatoms. The first-order valence-corrected chi connectivity index (χ1v) is 5.16. The van der Waals surface area contributed by atoms with E-state index >= 15 is 0 Å². The summed E-state index contributed by atoms with van der Waals surface area (Å²) >= 11 is 11.5. The lowest BCUT2D eigenvalue weighted by Gasteiger charge is -2.15. The molecule has 1 rings (SSSR count). The van der Waals surface area contributed by atoms with E-state index in [1.54, 1.807) is 0 Å². The van der Waals surface area contributed by atoms with Gasteiger partial charge in [0.25, 0.3) is 0 Å². The molecule has 6 nitrogen and oxygen atoms in total. The lowest BCUT2D eigenvalue weighted by Crippen LogP contribution is -2.17. The van der Waals surface area contributed by atoms with Gasteiger partial charge in [0.1, 0.15) is 10.3 Å². The topological polar surface area (TPSA) is 112 Å². The summed E-state index contributed by atoms with van der Waals surface area (Å²) in [4.78, 5) is 7.26. The maximum absolute atomic E-state index is 9.71. The van der Waals surface area contributed by atoms with Gasteiger partial charge in [0.15, 0.2) is 0 Å². The zero-order valence-electron chi connectivity index (χ0n) is 8.14. The van der Waals surface area contributed by atoms with E-state index in [0.29, 0.717) is 0 Å². The second-order valence-electron chi connectivity index (χ2n) is 3.16. The van der Waals surface area contributed by atoms with E-state index in [1.165, 1.54) is 0 Å². The zero-order valence-corrected chi connectivity index (χ0v) is 9.65. The van der Waals surface area contributed by atoms with Gasteiger partial charge < -0.3 is 21.1 Å². The van der Waals surface area contributed by atoms with E-state index in [0.717, 1.165) is 0 Å². The molecular weight excluding hydrogens is 257 g/mol. The van der Waals surface area contributed by atoms with Gasteiger partial charge in [-0.25, -0.2) is 9.97 Å². The van der Waals surface area contributed by atoms with Gasteiger partial charge >= 0.3 is 0 Å².